The lowest BCUT2D eigenvalue weighted by molar-refractivity contribution is 0.0504. The minimum atomic E-state index is 0.230. The molecule has 2 unspecified atom stereocenters. The van der Waals surface area contributed by atoms with Crippen LogP contribution in [0.15, 0.2) is 41.4 Å². The fraction of sp³-hybridized carbons (Fsp3) is 0.350. The zero-order chi connectivity index (χ0) is 18.2. The molecule has 0 amide bonds. The molecule has 0 aliphatic rings. The summed E-state index contributed by atoms with van der Waals surface area (Å²) in [6.45, 7) is 4.54. The molecule has 0 aliphatic carbocycles. The lowest BCUT2D eigenvalue weighted by Gasteiger charge is -2.19. The summed E-state index contributed by atoms with van der Waals surface area (Å²) in [5, 5.41) is 1.30. The second kappa shape index (κ2) is 9.55. The van der Waals surface area contributed by atoms with Gasteiger partial charge in [-0.25, -0.2) is 0 Å². The quantitative estimate of drug-likeness (QED) is 0.405. The predicted octanol–water partition coefficient (Wildman–Crippen LogP) is 4.10. The number of rotatable bonds is 8. The van der Waals surface area contributed by atoms with Gasteiger partial charge in [0.15, 0.2) is 6.79 Å². The number of benzene rings is 2. The number of hydrogen-bond acceptors (Lipinski definition) is 4. The zero-order valence-electron chi connectivity index (χ0n) is 15.5. The third-order valence-corrected chi connectivity index (χ3v) is 5.37. The van der Waals surface area contributed by atoms with E-state index in [1.165, 1.54) is 16.4 Å². The molecule has 5 heteroatoms. The van der Waals surface area contributed by atoms with Crippen LogP contribution in [0.25, 0.3) is 0 Å². The Labute approximate surface area is 152 Å². The van der Waals surface area contributed by atoms with Crippen molar-refractivity contribution in [1.29, 1.82) is 0 Å². The lowest BCUT2D eigenvalue weighted by Crippen LogP contribution is -2.08. The Bertz CT molecular complexity index is 731. The molecule has 2 aromatic carbocycles. The first-order valence-corrected chi connectivity index (χ1v) is 9.25. The van der Waals surface area contributed by atoms with Crippen molar-refractivity contribution in [1.82, 2.24) is 0 Å². The number of aryl methyl sites for hydroxylation is 1. The highest BCUT2D eigenvalue weighted by atomic mass is 31.1. The molecular weight excluding hydrogens is 333 g/mol. The van der Waals surface area contributed by atoms with Gasteiger partial charge >= 0.3 is 0 Å². The Morgan fingerprint density at radius 3 is 2.64 bits per heavy atom. The average Bonchev–Trinajstić information content (AvgIpc) is 2.62. The van der Waals surface area contributed by atoms with E-state index in [4.69, 9.17) is 14.2 Å². The Morgan fingerprint density at radius 2 is 1.96 bits per heavy atom. The minimum absolute atomic E-state index is 0.230. The molecule has 2 atom stereocenters. The van der Waals surface area contributed by atoms with Crippen LogP contribution in [0.3, 0.4) is 0 Å². The van der Waals surface area contributed by atoms with Gasteiger partial charge in [-0.15, -0.1) is 0 Å². The van der Waals surface area contributed by atoms with E-state index in [9.17, 15) is 0 Å². The van der Waals surface area contributed by atoms with Crippen LogP contribution in [0.1, 0.15) is 29.3 Å². The van der Waals surface area contributed by atoms with Gasteiger partial charge < -0.3 is 14.2 Å². The minimum Gasteiger partial charge on any atom is -0.497 e. The third kappa shape index (κ3) is 5.29. The highest BCUT2D eigenvalue weighted by molar-refractivity contribution is 7.47. The summed E-state index contributed by atoms with van der Waals surface area (Å²) in [5.74, 6) is 1.66. The standard InChI is InChI=1S/C20H26NO3P/c1-14-6-9-20(16(10-14)12-21-3)25-15(2)18-11-17(23-5)7-8-19(18)24-13-22-4/h6-12,15,25H,13H2,1-5H3. The van der Waals surface area contributed by atoms with E-state index >= 15 is 0 Å². The van der Waals surface area contributed by atoms with E-state index in [-0.39, 0.29) is 12.5 Å². The van der Waals surface area contributed by atoms with Crippen LogP contribution in [0, 0.1) is 6.92 Å². The van der Waals surface area contributed by atoms with Gasteiger partial charge in [0.2, 0.25) is 0 Å². The first-order chi connectivity index (χ1) is 12.1. The number of methoxy groups -OCH3 is 2. The monoisotopic (exact) mass is 359 g/mol. The van der Waals surface area contributed by atoms with Crippen LogP contribution in [0.2, 0.25) is 0 Å². The molecule has 0 spiro atoms. The molecule has 0 fully saturated rings. The molecule has 0 saturated carbocycles. The summed E-state index contributed by atoms with van der Waals surface area (Å²) in [5.41, 5.74) is 3.82. The van der Waals surface area contributed by atoms with E-state index < -0.39 is 0 Å². The number of ether oxygens (including phenoxy) is 3. The number of hydrogen-bond donors (Lipinski definition) is 0. The number of aliphatic imine (C=N–C) groups is 1. The van der Waals surface area contributed by atoms with Gasteiger partial charge in [0.25, 0.3) is 0 Å². The van der Waals surface area contributed by atoms with Gasteiger partial charge in [-0.1, -0.05) is 33.2 Å². The summed E-state index contributed by atoms with van der Waals surface area (Å²) < 4.78 is 16.2. The van der Waals surface area contributed by atoms with Crippen molar-refractivity contribution in [3.8, 4) is 11.5 Å². The van der Waals surface area contributed by atoms with Crippen molar-refractivity contribution in [2.24, 2.45) is 4.99 Å². The van der Waals surface area contributed by atoms with E-state index in [0.717, 1.165) is 17.1 Å². The van der Waals surface area contributed by atoms with Crippen molar-refractivity contribution in [3.63, 3.8) is 0 Å². The van der Waals surface area contributed by atoms with Crippen LogP contribution in [0.5, 0.6) is 11.5 Å². The fourth-order valence-corrected chi connectivity index (χ4v) is 3.95. The summed E-state index contributed by atoms with van der Waals surface area (Å²) in [7, 11) is 5.70. The fourth-order valence-electron chi connectivity index (χ4n) is 2.62. The Balaban J connectivity index is 2.32. The highest BCUT2D eigenvalue weighted by Crippen LogP contribution is 2.40. The molecule has 0 aliphatic heterocycles. The maximum Gasteiger partial charge on any atom is 0.188 e. The molecule has 25 heavy (non-hydrogen) atoms. The van der Waals surface area contributed by atoms with Gasteiger partial charge in [0, 0.05) is 31.6 Å². The van der Waals surface area contributed by atoms with Crippen LogP contribution in [0.4, 0.5) is 0 Å². The van der Waals surface area contributed by atoms with E-state index in [2.05, 4.69) is 37.0 Å². The van der Waals surface area contributed by atoms with Crippen LogP contribution in [-0.4, -0.2) is 34.3 Å². The summed E-state index contributed by atoms with van der Waals surface area (Å²) in [6, 6.07) is 12.4. The lowest BCUT2D eigenvalue weighted by atomic mass is 10.1. The summed E-state index contributed by atoms with van der Waals surface area (Å²) in [6.07, 6.45) is 1.93. The van der Waals surface area contributed by atoms with Gasteiger partial charge in [-0.3, -0.25) is 4.99 Å². The summed E-state index contributed by atoms with van der Waals surface area (Å²) >= 11 is 0. The largest absolute Gasteiger partial charge is 0.497 e. The second-order valence-electron chi connectivity index (χ2n) is 5.80. The molecule has 2 aromatic rings. The normalized spacial score (nSPS) is 12.8. The van der Waals surface area contributed by atoms with Crippen molar-refractivity contribution in [2.75, 3.05) is 28.1 Å². The first kappa shape index (κ1) is 19.4. The van der Waals surface area contributed by atoms with Gasteiger partial charge in [-0.05, 0) is 42.1 Å². The molecule has 4 nitrogen and oxygen atoms in total. The average molecular weight is 359 g/mol. The van der Waals surface area contributed by atoms with E-state index in [1.807, 2.05) is 24.4 Å². The maximum atomic E-state index is 5.74. The van der Waals surface area contributed by atoms with Crippen molar-refractivity contribution in [2.45, 2.75) is 19.5 Å². The molecule has 2 rings (SSSR count). The van der Waals surface area contributed by atoms with Crippen LogP contribution >= 0.6 is 8.58 Å². The Morgan fingerprint density at radius 1 is 1.16 bits per heavy atom. The van der Waals surface area contributed by atoms with Gasteiger partial charge in [0.05, 0.1) is 7.11 Å². The van der Waals surface area contributed by atoms with E-state index in [0.29, 0.717) is 8.58 Å². The number of nitrogens with zero attached hydrogens (tertiary/aromatic N) is 1. The molecule has 134 valence electrons. The highest BCUT2D eigenvalue weighted by Gasteiger charge is 2.15. The SMILES string of the molecule is CN=Cc1cc(C)ccc1PC(C)c1cc(OC)ccc1OCOC. The van der Waals surface area contributed by atoms with Gasteiger partial charge in [-0.2, -0.15) is 0 Å². The second-order valence-corrected chi connectivity index (χ2v) is 7.49. The third-order valence-electron chi connectivity index (χ3n) is 3.86. The molecule has 0 radical (unpaired) electrons. The zero-order valence-corrected chi connectivity index (χ0v) is 16.5. The van der Waals surface area contributed by atoms with Crippen LogP contribution in [-0.2, 0) is 4.74 Å². The molecule has 0 heterocycles. The molecular formula is C20H26NO3P. The van der Waals surface area contributed by atoms with Crippen LogP contribution < -0.4 is 14.8 Å². The maximum absolute atomic E-state index is 5.74. The molecule has 0 aromatic heterocycles. The summed E-state index contributed by atoms with van der Waals surface area (Å²) in [4.78, 5) is 4.19. The molecule has 0 saturated heterocycles. The van der Waals surface area contributed by atoms with E-state index in [1.54, 1.807) is 21.3 Å². The Kier molecular flexibility index (Phi) is 7.42. The smallest absolute Gasteiger partial charge is 0.188 e. The Hall–Kier alpha value is -1.90. The van der Waals surface area contributed by atoms with Crippen molar-refractivity contribution >= 4 is 20.1 Å². The predicted molar refractivity (Wildman–Crippen MR) is 107 cm³/mol. The first-order valence-electron chi connectivity index (χ1n) is 8.18. The van der Waals surface area contributed by atoms with Gasteiger partial charge in [0.1, 0.15) is 11.5 Å². The van der Waals surface area contributed by atoms with Crippen molar-refractivity contribution < 1.29 is 14.2 Å². The molecule has 0 bridgehead atoms. The van der Waals surface area contributed by atoms with Crippen molar-refractivity contribution in [3.05, 3.63) is 53.1 Å². The molecule has 0 N–H and O–H groups in total. The topological polar surface area (TPSA) is 40.0 Å².